The lowest BCUT2D eigenvalue weighted by Gasteiger charge is -2.19. The van der Waals surface area contributed by atoms with Gasteiger partial charge in [0.25, 0.3) is 0 Å². The van der Waals surface area contributed by atoms with E-state index in [-0.39, 0.29) is 49.8 Å². The SMILES string of the molecule is CC(C)c1ccc2c(c1)c1cc(C(C)C)ccc1n2CCC(=O)O.Cc1ccc2c(c1)c1cc(C(C)(C)C)ccc1n2CCC(=O)O.Cc1ccc2c(c1)c1cc(C)ccc1n2CCC(=O)O.Cc1ccc2c(c1)c1cc(C)ccc1n2CCC(=O)O.Cc1ccc2c(c1)c1cc(C)ccc1n2CCC(=O)O.Cc1ccc2c(c1)c1cc(F)ccc1n2CCC(=O)O. The van der Waals surface area contributed by atoms with Gasteiger partial charge in [-0.25, -0.2) is 4.39 Å². The van der Waals surface area contributed by atoms with Crippen LogP contribution in [0.2, 0.25) is 0 Å². The highest BCUT2D eigenvalue weighted by atomic mass is 19.1. The second-order valence-electron chi connectivity index (χ2n) is 35.4. The van der Waals surface area contributed by atoms with E-state index in [1.807, 2.05) is 29.7 Å². The number of carbonyl (C=O) groups is 6. The van der Waals surface area contributed by atoms with Gasteiger partial charge in [-0.1, -0.05) is 160 Å². The average Bonchev–Trinajstić information content (AvgIpc) is 1.62. The first-order valence-electron chi connectivity index (χ1n) is 43.5. The minimum atomic E-state index is -0.839. The van der Waals surface area contributed by atoms with E-state index < -0.39 is 35.8 Å². The van der Waals surface area contributed by atoms with Crippen molar-refractivity contribution in [1.29, 1.82) is 0 Å². The van der Waals surface area contributed by atoms with Crippen LogP contribution in [-0.2, 0) is 73.5 Å². The maximum absolute atomic E-state index is 13.5. The van der Waals surface area contributed by atoms with Gasteiger partial charge < -0.3 is 58.0 Å². The number of nitrogens with zero attached hydrogens (tertiary/aromatic N) is 6. The normalized spacial score (nSPS) is 11.6. The van der Waals surface area contributed by atoms with E-state index in [1.165, 1.54) is 122 Å². The molecule has 18 nitrogen and oxygen atoms in total. The first-order valence-corrected chi connectivity index (χ1v) is 43.5. The van der Waals surface area contributed by atoms with Crippen molar-refractivity contribution >= 4 is 167 Å². The second-order valence-corrected chi connectivity index (χ2v) is 35.4. The van der Waals surface area contributed by atoms with Crippen LogP contribution in [0.3, 0.4) is 0 Å². The summed E-state index contributed by atoms with van der Waals surface area (Å²) >= 11 is 0. The molecule has 6 N–H and O–H groups in total. The third-order valence-electron chi connectivity index (χ3n) is 23.9. The fraction of sp³-hybridized carbons (Fsp3) is 0.278. The van der Waals surface area contributed by atoms with Gasteiger partial charge in [0.1, 0.15) is 5.82 Å². The topological polar surface area (TPSA) is 253 Å². The van der Waals surface area contributed by atoms with Gasteiger partial charge in [-0.15, -0.1) is 0 Å². The number of aromatic nitrogens is 6. The number of fused-ring (bicyclic) bond motifs is 18. The highest BCUT2D eigenvalue weighted by molar-refractivity contribution is 6.13. The summed E-state index contributed by atoms with van der Waals surface area (Å²) in [7, 11) is 0. The number of aliphatic carboxylic acids is 6. The summed E-state index contributed by atoms with van der Waals surface area (Å²) in [4.78, 5) is 65.4. The predicted octanol–water partition coefficient (Wildman–Crippen LogP) is 25.8. The molecule has 0 fully saturated rings. The number of hydrogen-bond donors (Lipinski definition) is 6. The molecule has 0 aliphatic heterocycles. The van der Waals surface area contributed by atoms with Crippen molar-refractivity contribution in [3.05, 3.63) is 285 Å². The van der Waals surface area contributed by atoms with E-state index in [9.17, 15) is 33.2 Å². The summed E-state index contributed by atoms with van der Waals surface area (Å²) in [6.07, 6.45) is 0.733. The fourth-order valence-electron chi connectivity index (χ4n) is 17.4. The van der Waals surface area contributed by atoms with Gasteiger partial charge in [0.2, 0.25) is 0 Å². The van der Waals surface area contributed by atoms with Crippen molar-refractivity contribution in [3.63, 3.8) is 0 Å². The van der Waals surface area contributed by atoms with Gasteiger partial charge in [0.15, 0.2) is 0 Å². The molecule has 18 rings (SSSR count). The monoisotopic (exact) mass is 1700 g/mol. The third kappa shape index (κ3) is 20.4. The van der Waals surface area contributed by atoms with E-state index in [2.05, 4.69) is 302 Å². The molecule has 0 radical (unpaired) electrons. The Morgan fingerprint density at radius 2 is 0.409 bits per heavy atom. The molecule has 0 amide bonds. The molecule has 0 aliphatic rings. The number of aryl methyl sites for hydroxylation is 14. The smallest absolute Gasteiger partial charge is 0.305 e. The maximum Gasteiger partial charge on any atom is 0.305 e. The number of carboxylic acid groups (broad SMARTS) is 6. The van der Waals surface area contributed by atoms with Crippen LogP contribution in [0.1, 0.15) is 160 Å². The second kappa shape index (κ2) is 38.3. The van der Waals surface area contributed by atoms with Crippen molar-refractivity contribution < 1.29 is 63.8 Å². The van der Waals surface area contributed by atoms with Crippen LogP contribution in [0.4, 0.5) is 4.39 Å². The Balaban J connectivity index is 0.000000131. The molecule has 0 spiro atoms. The predicted molar refractivity (Wildman–Crippen MR) is 515 cm³/mol. The molecular formula is C108H113FN6O12. The van der Waals surface area contributed by atoms with Gasteiger partial charge in [-0.3, -0.25) is 28.8 Å². The van der Waals surface area contributed by atoms with Crippen LogP contribution in [0.25, 0.3) is 131 Å². The zero-order chi connectivity index (χ0) is 91.3. The lowest BCUT2D eigenvalue weighted by molar-refractivity contribution is -0.138. The zero-order valence-corrected chi connectivity index (χ0v) is 75.1. The van der Waals surface area contributed by atoms with Crippen molar-refractivity contribution in [3.8, 4) is 0 Å². The maximum atomic E-state index is 13.5. The van der Waals surface area contributed by atoms with E-state index in [1.54, 1.807) is 6.07 Å². The van der Waals surface area contributed by atoms with Crippen molar-refractivity contribution in [2.75, 3.05) is 0 Å². The highest BCUT2D eigenvalue weighted by Crippen LogP contribution is 2.40. The number of carboxylic acids is 6. The van der Waals surface area contributed by atoms with Crippen LogP contribution in [0, 0.1) is 61.2 Å². The van der Waals surface area contributed by atoms with Crippen molar-refractivity contribution in [2.24, 2.45) is 0 Å². The Morgan fingerprint density at radius 1 is 0.244 bits per heavy atom. The Hall–Kier alpha value is -13.8. The standard InChI is InChI=1S/C21H25NO2.C20H23NO2.3C17H17NO2.C16H14FNO2/c1-13(2)15-5-7-19-17(11-15)18-12-16(14(3)4)6-8-20(18)22(19)10-9-21(23)24;1-13-5-7-17-15(11-13)16-12-14(20(2,3)4)6-8-18(16)21(17)10-9-19(22)23;3*1-11-3-5-15-13(9-11)14-10-12(2)4-6-16(14)18(15)8-7-17(19)20;1-10-2-4-14-12(8-10)13-9-11(17)3-5-15(13)18(14)7-6-16(19)20/h5-8,11-14H,9-10H2,1-4H3,(H,23,24);5-8,11-12H,9-10H2,1-4H3,(H,22,23);3*3-6,9-10H,7-8H2,1-2H3,(H,19,20);2-5,8-9H,6-7H2,1H3,(H,19,20). The molecule has 0 aliphatic carbocycles. The van der Waals surface area contributed by atoms with E-state index in [0.717, 1.165) is 82.5 Å². The van der Waals surface area contributed by atoms with Crippen molar-refractivity contribution in [1.82, 2.24) is 27.4 Å². The first-order chi connectivity index (χ1) is 60.4. The van der Waals surface area contributed by atoms with Crippen LogP contribution in [0.5, 0.6) is 0 Å². The van der Waals surface area contributed by atoms with Crippen LogP contribution < -0.4 is 0 Å². The fourth-order valence-corrected chi connectivity index (χ4v) is 17.4. The zero-order valence-electron chi connectivity index (χ0n) is 75.1. The lowest BCUT2D eigenvalue weighted by atomic mass is 9.86. The molecule has 654 valence electrons. The lowest BCUT2D eigenvalue weighted by Crippen LogP contribution is -2.10. The molecule has 127 heavy (non-hydrogen) atoms. The molecular weight excluding hydrogens is 1590 g/mol. The minimum absolute atomic E-state index is 0.0458. The Morgan fingerprint density at radius 3 is 0.598 bits per heavy atom. The van der Waals surface area contributed by atoms with Gasteiger partial charge in [0, 0.05) is 170 Å². The molecule has 0 unspecified atom stereocenters. The number of rotatable bonds is 20. The molecule has 6 aromatic heterocycles. The Kier molecular flexibility index (Phi) is 27.4. The molecule has 0 saturated carbocycles. The number of halogens is 1. The van der Waals surface area contributed by atoms with Crippen LogP contribution >= 0.6 is 0 Å². The largest absolute Gasteiger partial charge is 0.481 e. The van der Waals surface area contributed by atoms with E-state index in [4.69, 9.17) is 30.6 Å². The summed E-state index contributed by atoms with van der Waals surface area (Å²) in [6, 6.07) is 74.7. The van der Waals surface area contributed by atoms with Gasteiger partial charge in [-0.2, -0.15) is 0 Å². The van der Waals surface area contributed by atoms with Crippen molar-refractivity contribution in [2.45, 2.75) is 199 Å². The molecule has 12 aromatic carbocycles. The molecule has 0 bridgehead atoms. The van der Waals surface area contributed by atoms with E-state index >= 15 is 0 Å². The molecule has 0 atom stereocenters. The number of hydrogen-bond acceptors (Lipinski definition) is 6. The Bertz CT molecular complexity index is 6430. The average molecular weight is 1710 g/mol. The molecule has 18 aromatic rings. The summed E-state index contributed by atoms with van der Waals surface area (Å²) in [5.41, 5.74) is 26.6. The first kappa shape index (κ1) is 90.9. The minimum Gasteiger partial charge on any atom is -0.481 e. The summed E-state index contributed by atoms with van der Waals surface area (Å²) in [5, 5.41) is 67.7. The summed E-state index contributed by atoms with van der Waals surface area (Å²) in [5.74, 6) is -4.00. The van der Waals surface area contributed by atoms with Crippen LogP contribution in [0.15, 0.2) is 218 Å². The Labute approximate surface area is 737 Å². The van der Waals surface area contributed by atoms with Crippen LogP contribution in [-0.4, -0.2) is 93.9 Å². The van der Waals surface area contributed by atoms with E-state index in [0.29, 0.717) is 51.1 Å². The summed E-state index contributed by atoms with van der Waals surface area (Å²) < 4.78 is 26.0. The van der Waals surface area contributed by atoms with Gasteiger partial charge in [-0.05, 0) is 241 Å². The molecule has 6 heterocycles. The quantitative estimate of drug-likeness (QED) is 0.0417. The highest BCUT2D eigenvalue weighted by Gasteiger charge is 2.22. The number of benzene rings is 12. The third-order valence-corrected chi connectivity index (χ3v) is 23.9. The molecule has 0 saturated heterocycles. The van der Waals surface area contributed by atoms with Gasteiger partial charge in [0.05, 0.1) is 38.5 Å². The molecule has 19 heteroatoms. The summed E-state index contributed by atoms with van der Waals surface area (Å²) in [6.45, 7) is 34.9. The van der Waals surface area contributed by atoms with Gasteiger partial charge >= 0.3 is 35.8 Å².